The first-order valence-electron chi connectivity index (χ1n) is 6.30. The van der Waals surface area contributed by atoms with Crippen LogP contribution in [0.4, 0.5) is 0 Å². The molecule has 2 aromatic heterocycles. The number of nitrogens with zero attached hydrogens (tertiary/aromatic N) is 3. The number of benzene rings is 1. The predicted molar refractivity (Wildman–Crippen MR) is 80.9 cm³/mol. The predicted octanol–water partition coefficient (Wildman–Crippen LogP) is 1.79. The molecular weight excluding hydrogens is 288 g/mol. The number of aromatic amines is 1. The molecule has 6 nitrogen and oxygen atoms in total. The standard InChI is InChI=1S/C14H12N4O2S/c1-9(19)8-21-14-16-12-11(7-15-17-12)13(20)18(14)10-5-3-2-4-6-10/h2-7H,8H2,1H3,(H,15,17). The number of ketones is 1. The zero-order valence-electron chi connectivity index (χ0n) is 11.2. The average molecular weight is 300 g/mol. The van der Waals surface area contributed by atoms with Gasteiger partial charge in [0.15, 0.2) is 10.8 Å². The first-order valence-corrected chi connectivity index (χ1v) is 7.29. The van der Waals surface area contributed by atoms with Crippen LogP contribution in [0.25, 0.3) is 16.7 Å². The second kappa shape index (κ2) is 5.53. The van der Waals surface area contributed by atoms with Crippen LogP contribution in [0.2, 0.25) is 0 Å². The van der Waals surface area contributed by atoms with Crippen molar-refractivity contribution in [3.8, 4) is 5.69 Å². The Hall–Kier alpha value is -2.41. The van der Waals surface area contributed by atoms with Crippen LogP contribution < -0.4 is 5.56 Å². The van der Waals surface area contributed by atoms with E-state index >= 15 is 0 Å². The highest BCUT2D eigenvalue weighted by molar-refractivity contribution is 7.99. The Morgan fingerprint density at radius 2 is 2.10 bits per heavy atom. The van der Waals surface area contributed by atoms with Crippen LogP contribution in [-0.2, 0) is 4.79 Å². The van der Waals surface area contributed by atoms with Gasteiger partial charge in [0.25, 0.3) is 5.56 Å². The molecule has 0 unspecified atom stereocenters. The number of thioether (sulfide) groups is 1. The lowest BCUT2D eigenvalue weighted by molar-refractivity contribution is -0.114. The molecule has 0 saturated heterocycles. The van der Waals surface area contributed by atoms with Crippen LogP contribution in [0, 0.1) is 0 Å². The highest BCUT2D eigenvalue weighted by atomic mass is 32.2. The monoisotopic (exact) mass is 300 g/mol. The maximum atomic E-state index is 12.6. The first-order chi connectivity index (χ1) is 10.2. The molecular formula is C14H12N4O2S. The normalized spacial score (nSPS) is 10.9. The zero-order valence-corrected chi connectivity index (χ0v) is 12.1. The Bertz CT molecular complexity index is 854. The van der Waals surface area contributed by atoms with Gasteiger partial charge in [-0.05, 0) is 19.1 Å². The molecule has 1 N–H and O–H groups in total. The van der Waals surface area contributed by atoms with Gasteiger partial charge in [-0.3, -0.25) is 19.3 Å². The molecule has 21 heavy (non-hydrogen) atoms. The van der Waals surface area contributed by atoms with Crippen molar-refractivity contribution in [3.05, 3.63) is 46.9 Å². The first kappa shape index (κ1) is 13.6. The molecule has 0 radical (unpaired) electrons. The van der Waals surface area contributed by atoms with E-state index in [0.717, 1.165) is 0 Å². The second-order valence-corrected chi connectivity index (χ2v) is 5.44. The smallest absolute Gasteiger partial charge is 0.269 e. The van der Waals surface area contributed by atoms with Gasteiger partial charge in [-0.15, -0.1) is 0 Å². The summed E-state index contributed by atoms with van der Waals surface area (Å²) in [5.41, 5.74) is 0.938. The maximum absolute atomic E-state index is 12.6. The minimum Gasteiger partial charge on any atom is -0.299 e. The number of hydrogen-bond acceptors (Lipinski definition) is 5. The Labute approximate surface area is 124 Å². The Kier molecular flexibility index (Phi) is 3.57. The summed E-state index contributed by atoms with van der Waals surface area (Å²) >= 11 is 1.24. The van der Waals surface area contributed by atoms with Crippen LogP contribution >= 0.6 is 11.8 Å². The van der Waals surface area contributed by atoms with E-state index in [-0.39, 0.29) is 17.1 Å². The van der Waals surface area contributed by atoms with Crippen LogP contribution in [0.3, 0.4) is 0 Å². The molecule has 0 aliphatic heterocycles. The minimum absolute atomic E-state index is 0.0265. The van der Waals surface area contributed by atoms with Crippen LogP contribution in [0.15, 0.2) is 46.5 Å². The van der Waals surface area contributed by atoms with Crippen molar-refractivity contribution in [2.45, 2.75) is 12.1 Å². The molecule has 3 aromatic rings. The van der Waals surface area contributed by atoms with E-state index in [0.29, 0.717) is 21.9 Å². The lowest BCUT2D eigenvalue weighted by Crippen LogP contribution is -2.21. The molecule has 0 atom stereocenters. The largest absolute Gasteiger partial charge is 0.299 e. The van der Waals surface area contributed by atoms with Crippen molar-refractivity contribution in [2.24, 2.45) is 0 Å². The number of carbonyl (C=O) groups is 1. The summed E-state index contributed by atoms with van der Waals surface area (Å²) in [4.78, 5) is 28.2. The van der Waals surface area contributed by atoms with Crippen molar-refractivity contribution in [1.82, 2.24) is 19.7 Å². The number of fused-ring (bicyclic) bond motifs is 1. The van der Waals surface area contributed by atoms with Gasteiger partial charge in [0, 0.05) is 0 Å². The van der Waals surface area contributed by atoms with Gasteiger partial charge in [-0.25, -0.2) is 4.98 Å². The molecule has 0 amide bonds. The van der Waals surface area contributed by atoms with Crippen molar-refractivity contribution in [1.29, 1.82) is 0 Å². The minimum atomic E-state index is -0.203. The Morgan fingerprint density at radius 1 is 1.33 bits per heavy atom. The van der Waals surface area contributed by atoms with E-state index in [9.17, 15) is 9.59 Å². The highest BCUT2D eigenvalue weighted by Crippen LogP contribution is 2.20. The van der Waals surface area contributed by atoms with Gasteiger partial charge in [-0.1, -0.05) is 30.0 Å². The summed E-state index contributed by atoms with van der Waals surface area (Å²) < 4.78 is 1.51. The van der Waals surface area contributed by atoms with Crippen molar-refractivity contribution in [2.75, 3.05) is 5.75 Å². The van der Waals surface area contributed by atoms with Crippen LogP contribution in [-0.4, -0.2) is 31.3 Å². The molecule has 7 heteroatoms. The Balaban J connectivity index is 2.23. The number of H-pyrrole nitrogens is 1. The third-order valence-corrected chi connectivity index (χ3v) is 3.95. The number of aromatic nitrogens is 4. The van der Waals surface area contributed by atoms with E-state index in [1.807, 2.05) is 30.3 Å². The van der Waals surface area contributed by atoms with E-state index in [2.05, 4.69) is 15.2 Å². The van der Waals surface area contributed by atoms with E-state index < -0.39 is 0 Å². The topological polar surface area (TPSA) is 80.6 Å². The molecule has 0 bridgehead atoms. The van der Waals surface area contributed by atoms with Gasteiger partial charge in [0.2, 0.25) is 0 Å². The molecule has 1 aromatic carbocycles. The molecule has 106 valence electrons. The van der Waals surface area contributed by atoms with Gasteiger partial charge < -0.3 is 0 Å². The molecule has 2 heterocycles. The number of para-hydroxylation sites is 1. The second-order valence-electron chi connectivity index (χ2n) is 4.49. The van der Waals surface area contributed by atoms with E-state index in [1.165, 1.54) is 29.4 Å². The fourth-order valence-electron chi connectivity index (χ4n) is 1.94. The third-order valence-electron chi connectivity index (χ3n) is 2.87. The number of Topliss-reactive ketones (excluding diaryl/α,β-unsaturated/α-hetero) is 1. The summed E-state index contributed by atoms with van der Waals surface area (Å²) in [6.07, 6.45) is 1.46. The van der Waals surface area contributed by atoms with Gasteiger partial charge >= 0.3 is 0 Å². The molecule has 0 aliphatic carbocycles. The number of nitrogens with one attached hydrogen (secondary N) is 1. The molecule has 3 rings (SSSR count). The highest BCUT2D eigenvalue weighted by Gasteiger charge is 2.14. The summed E-state index contributed by atoms with van der Waals surface area (Å²) in [5, 5.41) is 7.44. The van der Waals surface area contributed by atoms with Gasteiger partial charge in [0.05, 0.1) is 17.6 Å². The van der Waals surface area contributed by atoms with Crippen molar-refractivity contribution >= 4 is 28.6 Å². The zero-order chi connectivity index (χ0) is 14.8. The fourth-order valence-corrected chi connectivity index (χ4v) is 2.75. The quantitative estimate of drug-likeness (QED) is 0.587. The Morgan fingerprint density at radius 3 is 2.81 bits per heavy atom. The van der Waals surface area contributed by atoms with Gasteiger partial charge in [-0.2, -0.15) is 5.10 Å². The average Bonchev–Trinajstić information content (AvgIpc) is 2.95. The SMILES string of the molecule is CC(=O)CSc1nc2[nH]ncc2c(=O)n1-c1ccccc1. The third kappa shape index (κ3) is 2.59. The molecule has 0 spiro atoms. The fraction of sp³-hybridized carbons (Fsp3) is 0.143. The van der Waals surface area contributed by atoms with Crippen LogP contribution in [0.1, 0.15) is 6.92 Å². The van der Waals surface area contributed by atoms with E-state index in [1.54, 1.807) is 0 Å². The molecule has 0 saturated carbocycles. The van der Waals surface area contributed by atoms with E-state index in [4.69, 9.17) is 0 Å². The lowest BCUT2D eigenvalue weighted by atomic mass is 10.3. The summed E-state index contributed by atoms with van der Waals surface area (Å²) in [6.45, 7) is 1.51. The summed E-state index contributed by atoms with van der Waals surface area (Å²) in [5.74, 6) is 0.289. The molecule has 0 aliphatic rings. The van der Waals surface area contributed by atoms with Crippen LogP contribution in [0.5, 0.6) is 0 Å². The number of rotatable bonds is 4. The van der Waals surface area contributed by atoms with Crippen molar-refractivity contribution < 1.29 is 4.79 Å². The summed E-state index contributed by atoms with van der Waals surface area (Å²) in [6, 6.07) is 9.22. The summed E-state index contributed by atoms with van der Waals surface area (Å²) in [7, 11) is 0. The van der Waals surface area contributed by atoms with Crippen molar-refractivity contribution in [3.63, 3.8) is 0 Å². The lowest BCUT2D eigenvalue weighted by Gasteiger charge is -2.10. The maximum Gasteiger partial charge on any atom is 0.269 e. The number of carbonyl (C=O) groups excluding carboxylic acids is 1. The molecule has 0 fully saturated rings. The number of hydrogen-bond donors (Lipinski definition) is 1. The van der Waals surface area contributed by atoms with Gasteiger partial charge in [0.1, 0.15) is 11.2 Å².